The van der Waals surface area contributed by atoms with Gasteiger partial charge in [-0.05, 0) is 61.6 Å². The summed E-state index contributed by atoms with van der Waals surface area (Å²) in [5.41, 5.74) is 9.98. The first-order valence-corrected chi connectivity index (χ1v) is 8.97. The van der Waals surface area contributed by atoms with Crippen molar-refractivity contribution in [3.05, 3.63) is 28.6 Å². The molecule has 2 N–H and O–H groups in total. The molecule has 0 aliphatic heterocycles. The molecule has 4 heteroatoms. The molecule has 1 fully saturated rings. The van der Waals surface area contributed by atoms with Gasteiger partial charge in [0.1, 0.15) is 13.5 Å². The molecule has 0 unspecified atom stereocenters. The molecule has 1 aromatic heterocycles. The molecule has 0 aromatic carbocycles. The fraction of sp³-hybridized carbons (Fsp3) is 0.667. The number of carbonyl (C=O) groups excluding carboxylic acids is 1. The van der Waals surface area contributed by atoms with E-state index in [0.717, 1.165) is 24.4 Å². The smallest absolute Gasteiger partial charge is 0.267 e. The number of hydrogen-bond donors (Lipinski definition) is 1. The number of pyridine rings is 1. The Morgan fingerprint density at radius 3 is 2.45 bits per heavy atom. The van der Waals surface area contributed by atoms with E-state index in [1.54, 1.807) is 0 Å². The van der Waals surface area contributed by atoms with Crippen LogP contribution in [0, 0.1) is 0 Å². The first-order valence-electron chi connectivity index (χ1n) is 8.97. The minimum absolute atomic E-state index is 0.380. The average Bonchev–Trinajstić information content (AvgIpc) is 2.49. The van der Waals surface area contributed by atoms with Crippen molar-refractivity contribution in [3.63, 3.8) is 0 Å². The number of fused-ring (bicyclic) bond motifs is 1. The molecular weight excluding hydrogens is 271 g/mol. The van der Waals surface area contributed by atoms with Crippen LogP contribution in [0.2, 0.25) is 5.82 Å². The van der Waals surface area contributed by atoms with E-state index in [4.69, 9.17) is 5.73 Å². The highest BCUT2D eigenvalue weighted by Crippen LogP contribution is 2.37. The molecule has 0 saturated heterocycles. The lowest BCUT2D eigenvalue weighted by Gasteiger charge is -2.27. The summed E-state index contributed by atoms with van der Waals surface area (Å²) in [5, 5.41) is 0. The van der Waals surface area contributed by atoms with Crippen LogP contribution in [0.3, 0.4) is 0 Å². The van der Waals surface area contributed by atoms with Gasteiger partial charge in [-0.1, -0.05) is 31.5 Å². The number of amides is 1. The molecule has 0 atom stereocenters. The maximum Gasteiger partial charge on any atom is 0.267 e. The second kappa shape index (κ2) is 6.85. The van der Waals surface area contributed by atoms with Crippen molar-refractivity contribution in [1.29, 1.82) is 0 Å². The molecule has 1 aromatic rings. The predicted molar refractivity (Wildman–Crippen MR) is 92.1 cm³/mol. The number of nitrogens with two attached hydrogens (primary N) is 1. The predicted octanol–water partition coefficient (Wildman–Crippen LogP) is 2.92. The Morgan fingerprint density at radius 1 is 1.09 bits per heavy atom. The number of carbonyl (C=O) groups is 1. The highest BCUT2D eigenvalue weighted by molar-refractivity contribution is 6.11. The average molecular weight is 298 g/mol. The van der Waals surface area contributed by atoms with Crippen molar-refractivity contribution in [2.45, 2.75) is 75.9 Å². The normalized spacial score (nSPS) is 25.8. The Morgan fingerprint density at radius 2 is 1.77 bits per heavy atom. The number of hydrogen-bond acceptors (Lipinski definition) is 2. The largest absolute Gasteiger partial charge is 0.364 e. The zero-order chi connectivity index (χ0) is 15.5. The zero-order valence-corrected chi connectivity index (χ0v) is 13.7. The number of aromatic nitrogens is 1. The second-order valence-corrected chi connectivity index (χ2v) is 7.26. The third-order valence-electron chi connectivity index (χ3n) is 5.53. The quantitative estimate of drug-likeness (QED) is 0.853. The molecular formula is C18H27BN2O. The summed E-state index contributed by atoms with van der Waals surface area (Å²) in [5.74, 6) is 1.09. The molecule has 2 aliphatic carbocycles. The molecule has 0 bridgehead atoms. The van der Waals surface area contributed by atoms with Crippen LogP contribution in [0.1, 0.15) is 84.6 Å². The zero-order valence-electron chi connectivity index (χ0n) is 13.7. The maximum absolute atomic E-state index is 11.6. The van der Waals surface area contributed by atoms with E-state index in [0.29, 0.717) is 11.6 Å². The van der Waals surface area contributed by atoms with E-state index in [-0.39, 0.29) is 5.91 Å². The summed E-state index contributed by atoms with van der Waals surface area (Å²) in [6.45, 7) is 0. The van der Waals surface area contributed by atoms with Gasteiger partial charge in [0.2, 0.25) is 0 Å². The first kappa shape index (κ1) is 15.6. The van der Waals surface area contributed by atoms with Crippen molar-refractivity contribution in [1.82, 2.24) is 4.98 Å². The van der Waals surface area contributed by atoms with Gasteiger partial charge >= 0.3 is 0 Å². The van der Waals surface area contributed by atoms with Gasteiger partial charge in [0.05, 0.1) is 0 Å². The topological polar surface area (TPSA) is 56.0 Å². The van der Waals surface area contributed by atoms with Crippen LogP contribution < -0.4 is 5.73 Å². The van der Waals surface area contributed by atoms with Gasteiger partial charge in [-0.15, -0.1) is 0 Å². The first-order chi connectivity index (χ1) is 10.6. The molecule has 0 spiro atoms. The number of rotatable bonds is 2. The number of nitrogens with zero attached hydrogens (tertiary/aromatic N) is 1. The van der Waals surface area contributed by atoms with Crippen molar-refractivity contribution in [2.24, 2.45) is 5.73 Å². The molecule has 22 heavy (non-hydrogen) atoms. The van der Waals surface area contributed by atoms with Crippen molar-refractivity contribution >= 4 is 13.8 Å². The van der Waals surface area contributed by atoms with Crippen LogP contribution in [0.25, 0.3) is 0 Å². The van der Waals surface area contributed by atoms with Crippen LogP contribution in [0.5, 0.6) is 0 Å². The highest BCUT2D eigenvalue weighted by atomic mass is 16.1. The highest BCUT2D eigenvalue weighted by Gasteiger charge is 2.24. The van der Waals surface area contributed by atoms with Crippen LogP contribution in [0.15, 0.2) is 6.07 Å². The fourth-order valence-electron chi connectivity index (χ4n) is 4.25. The summed E-state index contributed by atoms with van der Waals surface area (Å²) >= 11 is 0. The summed E-state index contributed by atoms with van der Waals surface area (Å²) < 4.78 is 0. The van der Waals surface area contributed by atoms with E-state index in [1.807, 2.05) is 6.07 Å². The van der Waals surface area contributed by atoms with Crippen LogP contribution in [-0.4, -0.2) is 18.7 Å². The van der Waals surface area contributed by atoms with Gasteiger partial charge < -0.3 is 5.73 Å². The standard InChI is InChI=1S/C18H27BN2O/c19-13-7-3-5-12(6-4-8-13)15-11-17(18(20)22)21-16-10-2-1-9-14(15)16/h11-13H,1-10,19H2,(H2,20,22). The third-order valence-corrected chi connectivity index (χ3v) is 5.53. The Balaban J connectivity index is 1.93. The lowest BCUT2D eigenvalue weighted by atomic mass is 9.73. The third kappa shape index (κ3) is 3.36. The lowest BCUT2D eigenvalue weighted by molar-refractivity contribution is 0.0995. The molecule has 3 nitrogen and oxygen atoms in total. The van der Waals surface area contributed by atoms with Gasteiger partial charge in [0.25, 0.3) is 5.91 Å². The lowest BCUT2D eigenvalue weighted by Crippen LogP contribution is -2.20. The van der Waals surface area contributed by atoms with Crippen molar-refractivity contribution in [3.8, 4) is 0 Å². The Bertz CT molecular complexity index is 548. The van der Waals surface area contributed by atoms with Gasteiger partial charge in [-0.3, -0.25) is 4.79 Å². The van der Waals surface area contributed by atoms with E-state index >= 15 is 0 Å². The minimum atomic E-state index is -0.380. The monoisotopic (exact) mass is 298 g/mol. The molecule has 118 valence electrons. The second-order valence-electron chi connectivity index (χ2n) is 7.26. The van der Waals surface area contributed by atoms with E-state index < -0.39 is 0 Å². The number of aryl methyl sites for hydroxylation is 1. The molecule has 1 heterocycles. The Labute approximate surface area is 134 Å². The van der Waals surface area contributed by atoms with Gasteiger partial charge in [-0.2, -0.15) is 0 Å². The summed E-state index contributed by atoms with van der Waals surface area (Å²) in [6.07, 6.45) is 12.3. The SMILES string of the molecule is BC1CCCC(c2cc(C(N)=O)nc3c2CCCC3)CCC1. The molecule has 2 aliphatic rings. The van der Waals surface area contributed by atoms with E-state index in [2.05, 4.69) is 12.8 Å². The van der Waals surface area contributed by atoms with Gasteiger partial charge in [-0.25, -0.2) is 4.98 Å². The fourth-order valence-corrected chi connectivity index (χ4v) is 4.25. The Hall–Kier alpha value is -1.32. The summed E-state index contributed by atoms with van der Waals surface area (Å²) in [7, 11) is 2.37. The Kier molecular flexibility index (Phi) is 4.85. The number of primary amides is 1. The molecule has 3 rings (SSSR count). The van der Waals surface area contributed by atoms with Crippen molar-refractivity contribution in [2.75, 3.05) is 0 Å². The molecule has 0 radical (unpaired) electrons. The summed E-state index contributed by atoms with van der Waals surface area (Å²) in [4.78, 5) is 16.2. The molecule has 1 amide bonds. The van der Waals surface area contributed by atoms with Crippen LogP contribution >= 0.6 is 0 Å². The van der Waals surface area contributed by atoms with Crippen molar-refractivity contribution < 1.29 is 4.79 Å². The van der Waals surface area contributed by atoms with Crippen LogP contribution in [0.4, 0.5) is 0 Å². The van der Waals surface area contributed by atoms with Gasteiger partial charge in [0, 0.05) is 5.69 Å². The maximum atomic E-state index is 11.6. The van der Waals surface area contributed by atoms with E-state index in [1.165, 1.54) is 62.5 Å². The van der Waals surface area contributed by atoms with Crippen LogP contribution in [-0.2, 0) is 12.8 Å². The van der Waals surface area contributed by atoms with E-state index in [9.17, 15) is 4.79 Å². The van der Waals surface area contributed by atoms with Gasteiger partial charge in [0.15, 0.2) is 0 Å². The molecule has 1 saturated carbocycles. The summed E-state index contributed by atoms with van der Waals surface area (Å²) in [6, 6.07) is 2.02. The minimum Gasteiger partial charge on any atom is -0.364 e.